The number of allylic oxidation sites excluding steroid dienone is 1. The van der Waals surface area contributed by atoms with Gasteiger partial charge in [0, 0.05) is 17.3 Å². The van der Waals surface area contributed by atoms with Gasteiger partial charge in [0.25, 0.3) is 5.91 Å². The minimum Gasteiger partial charge on any atom is -0.269 e. The van der Waals surface area contributed by atoms with Crippen LogP contribution in [-0.4, -0.2) is 15.0 Å². The molecule has 0 radical (unpaired) electrons. The quantitative estimate of drug-likeness (QED) is 0.427. The van der Waals surface area contributed by atoms with Crippen LogP contribution in [0.1, 0.15) is 10.4 Å². The summed E-state index contributed by atoms with van der Waals surface area (Å²) in [4.78, 5) is 26.8. The second-order valence-electron chi connectivity index (χ2n) is 6.04. The lowest BCUT2D eigenvalue weighted by Gasteiger charge is -2.01. The lowest BCUT2D eigenvalue weighted by Crippen LogP contribution is -2.27. The summed E-state index contributed by atoms with van der Waals surface area (Å²) in [6.45, 7) is 0. The van der Waals surface area contributed by atoms with E-state index in [1.807, 2.05) is 60.0 Å². The van der Waals surface area contributed by atoms with E-state index in [0.29, 0.717) is 16.4 Å². The number of thiophene rings is 1. The Morgan fingerprint density at radius 2 is 1.71 bits per heavy atom. The maximum Gasteiger partial charge on any atom is 0.340 e. The van der Waals surface area contributed by atoms with Gasteiger partial charge in [0.2, 0.25) is 0 Å². The minimum absolute atomic E-state index is 0.402. The van der Waals surface area contributed by atoms with Crippen molar-refractivity contribution in [2.24, 2.45) is 0 Å². The number of hydrogen-bond donors (Lipinski definition) is 0. The van der Waals surface area contributed by atoms with Crippen molar-refractivity contribution in [3.63, 3.8) is 0 Å². The van der Waals surface area contributed by atoms with E-state index >= 15 is 0 Å². The van der Waals surface area contributed by atoms with E-state index in [1.165, 1.54) is 26.5 Å². The number of imidazole rings is 1. The Hall–Kier alpha value is -3.15. The number of carbonyl (C=O) groups is 1. The Bertz CT molecular complexity index is 1190. The fraction of sp³-hybridized carbons (Fsp3) is 0. The number of halogens is 1. The number of hydrogen-bond acceptors (Lipinski definition) is 3. The van der Waals surface area contributed by atoms with Crippen LogP contribution in [0.2, 0.25) is 5.02 Å². The minimum atomic E-state index is -0.405. The number of para-hydroxylation sites is 1. The molecule has 0 N–H and O–H groups in total. The van der Waals surface area contributed by atoms with Crippen molar-refractivity contribution in [3.8, 4) is 16.3 Å². The largest absolute Gasteiger partial charge is 0.340 e. The zero-order valence-corrected chi connectivity index (χ0v) is 16.2. The second-order valence-corrected chi connectivity index (χ2v) is 7.42. The van der Waals surface area contributed by atoms with Crippen LogP contribution in [0.25, 0.3) is 22.3 Å². The van der Waals surface area contributed by atoms with Crippen molar-refractivity contribution in [2.75, 3.05) is 0 Å². The van der Waals surface area contributed by atoms with Crippen LogP contribution in [0.3, 0.4) is 0 Å². The van der Waals surface area contributed by atoms with Crippen molar-refractivity contribution in [3.05, 3.63) is 105 Å². The van der Waals surface area contributed by atoms with E-state index in [1.54, 1.807) is 24.4 Å². The molecule has 0 aliphatic rings. The molecule has 2 aromatic heterocycles. The molecule has 6 heteroatoms. The summed E-state index contributed by atoms with van der Waals surface area (Å²) in [7, 11) is 0. The number of rotatable bonds is 4. The summed E-state index contributed by atoms with van der Waals surface area (Å²) in [5.41, 5.74) is 1.69. The number of benzene rings is 2. The molecule has 2 heterocycles. The summed E-state index contributed by atoms with van der Waals surface area (Å²) in [5, 5.41) is 2.54. The Morgan fingerprint density at radius 3 is 2.39 bits per heavy atom. The van der Waals surface area contributed by atoms with Gasteiger partial charge in [-0.15, -0.1) is 11.3 Å². The molecular formula is C22H15ClN2O2S. The molecule has 0 bridgehead atoms. The van der Waals surface area contributed by atoms with Crippen molar-refractivity contribution in [2.45, 2.75) is 0 Å². The molecule has 0 unspecified atom stereocenters. The fourth-order valence-electron chi connectivity index (χ4n) is 2.85. The van der Waals surface area contributed by atoms with Gasteiger partial charge >= 0.3 is 5.69 Å². The van der Waals surface area contributed by atoms with E-state index in [9.17, 15) is 9.59 Å². The first-order chi connectivity index (χ1) is 13.6. The molecule has 0 saturated carbocycles. The van der Waals surface area contributed by atoms with Gasteiger partial charge in [-0.05, 0) is 47.4 Å². The lowest BCUT2D eigenvalue weighted by molar-refractivity contribution is 0.0967. The molecule has 28 heavy (non-hydrogen) atoms. The predicted molar refractivity (Wildman–Crippen MR) is 114 cm³/mol. The molecule has 4 rings (SSSR count). The molecule has 0 amide bonds. The van der Waals surface area contributed by atoms with Crippen LogP contribution < -0.4 is 5.69 Å². The molecule has 0 fully saturated rings. The van der Waals surface area contributed by atoms with Gasteiger partial charge in [0.15, 0.2) is 0 Å². The van der Waals surface area contributed by atoms with E-state index in [4.69, 9.17) is 11.6 Å². The van der Waals surface area contributed by atoms with Crippen LogP contribution >= 0.6 is 22.9 Å². The van der Waals surface area contributed by atoms with Crippen LogP contribution in [0, 0.1) is 0 Å². The first-order valence-corrected chi connectivity index (χ1v) is 9.81. The van der Waals surface area contributed by atoms with Crippen LogP contribution in [0.15, 0.2) is 89.2 Å². The van der Waals surface area contributed by atoms with Crippen molar-refractivity contribution < 1.29 is 4.79 Å². The third-order valence-electron chi connectivity index (χ3n) is 4.21. The van der Waals surface area contributed by atoms with E-state index < -0.39 is 11.6 Å². The average Bonchev–Trinajstić information content (AvgIpc) is 3.36. The molecule has 0 spiro atoms. The third-order valence-corrected chi connectivity index (χ3v) is 5.35. The van der Waals surface area contributed by atoms with Crippen molar-refractivity contribution in [1.82, 2.24) is 9.13 Å². The third kappa shape index (κ3) is 3.63. The molecule has 138 valence electrons. The lowest BCUT2D eigenvalue weighted by atomic mass is 10.2. The van der Waals surface area contributed by atoms with Gasteiger partial charge in [-0.3, -0.25) is 9.36 Å². The monoisotopic (exact) mass is 406 g/mol. The van der Waals surface area contributed by atoms with E-state index in [-0.39, 0.29) is 0 Å². The molecule has 0 saturated heterocycles. The van der Waals surface area contributed by atoms with Crippen LogP contribution in [-0.2, 0) is 0 Å². The van der Waals surface area contributed by atoms with Gasteiger partial charge in [-0.2, -0.15) is 0 Å². The molecule has 4 aromatic rings. The SMILES string of the molecule is O=C(/C=C/c1ccc(Cl)cc1)n1c(-c2cccs2)cn(-c2ccccc2)c1=O. The number of carbonyl (C=O) groups excluding carboxylic acids is 1. The Morgan fingerprint density at radius 1 is 0.964 bits per heavy atom. The van der Waals surface area contributed by atoms with E-state index in [0.717, 1.165) is 10.4 Å². The highest BCUT2D eigenvalue weighted by Gasteiger charge is 2.18. The summed E-state index contributed by atoms with van der Waals surface area (Å²) >= 11 is 7.37. The predicted octanol–water partition coefficient (Wildman–Crippen LogP) is 5.37. The smallest absolute Gasteiger partial charge is 0.269 e. The van der Waals surface area contributed by atoms with Gasteiger partial charge in [0.05, 0.1) is 16.3 Å². The molecule has 4 nitrogen and oxygen atoms in total. The summed E-state index contributed by atoms with van der Waals surface area (Å²) in [6.07, 6.45) is 4.78. The Kier molecular flexibility index (Phi) is 5.10. The highest BCUT2D eigenvalue weighted by Crippen LogP contribution is 2.25. The second kappa shape index (κ2) is 7.84. The highest BCUT2D eigenvalue weighted by molar-refractivity contribution is 7.13. The van der Waals surface area contributed by atoms with Gasteiger partial charge < -0.3 is 0 Å². The molecule has 0 atom stereocenters. The highest BCUT2D eigenvalue weighted by atomic mass is 35.5. The molecular weight excluding hydrogens is 392 g/mol. The summed E-state index contributed by atoms with van der Waals surface area (Å²) in [6, 6.07) is 20.2. The summed E-state index contributed by atoms with van der Waals surface area (Å²) in [5.74, 6) is -0.405. The number of aromatic nitrogens is 2. The maximum absolute atomic E-state index is 13.0. The Balaban J connectivity index is 1.78. The Labute approximate surface area is 170 Å². The number of nitrogens with zero attached hydrogens (tertiary/aromatic N) is 2. The van der Waals surface area contributed by atoms with Gasteiger partial charge in [-0.1, -0.05) is 48.0 Å². The normalized spacial score (nSPS) is 11.2. The molecule has 0 aliphatic heterocycles. The van der Waals surface area contributed by atoms with E-state index in [2.05, 4.69) is 0 Å². The van der Waals surface area contributed by atoms with Crippen molar-refractivity contribution in [1.29, 1.82) is 0 Å². The molecule has 2 aromatic carbocycles. The zero-order valence-electron chi connectivity index (χ0n) is 14.7. The topological polar surface area (TPSA) is 44.0 Å². The van der Waals surface area contributed by atoms with Gasteiger partial charge in [0.1, 0.15) is 0 Å². The first-order valence-electron chi connectivity index (χ1n) is 8.55. The van der Waals surface area contributed by atoms with Gasteiger partial charge in [-0.25, -0.2) is 9.36 Å². The standard InChI is InChI=1S/C22H15ClN2O2S/c23-17-11-8-16(9-12-17)10-13-21(26)25-19(20-7-4-14-28-20)15-24(22(25)27)18-5-2-1-3-6-18/h1-15H/b13-10+. The maximum atomic E-state index is 13.0. The first kappa shape index (κ1) is 18.2. The average molecular weight is 407 g/mol. The zero-order chi connectivity index (χ0) is 19.5. The summed E-state index contributed by atoms with van der Waals surface area (Å²) < 4.78 is 2.69. The van der Waals surface area contributed by atoms with Crippen LogP contribution in [0.4, 0.5) is 0 Å². The van der Waals surface area contributed by atoms with Crippen molar-refractivity contribution >= 4 is 34.9 Å². The fourth-order valence-corrected chi connectivity index (χ4v) is 3.70. The van der Waals surface area contributed by atoms with Crippen LogP contribution in [0.5, 0.6) is 0 Å². The molecule has 0 aliphatic carbocycles.